The molecule has 1 saturated carbocycles. The molecule has 180 valence electrons. The molecule has 2 aliphatic rings. The van der Waals surface area contributed by atoms with E-state index in [9.17, 15) is 9.18 Å². The van der Waals surface area contributed by atoms with Gasteiger partial charge in [0, 0.05) is 42.3 Å². The van der Waals surface area contributed by atoms with Crippen LogP contribution < -0.4 is 0 Å². The molecule has 3 aromatic rings. The minimum absolute atomic E-state index is 0.0729. The van der Waals surface area contributed by atoms with E-state index >= 15 is 0 Å². The van der Waals surface area contributed by atoms with Crippen LogP contribution >= 0.6 is 11.3 Å². The predicted octanol–water partition coefficient (Wildman–Crippen LogP) is 5.08. The normalized spacial score (nSPS) is 20.8. The molecule has 2 unspecified atom stereocenters. The van der Waals surface area contributed by atoms with Crippen LogP contribution in [0.3, 0.4) is 0 Å². The number of benzene rings is 1. The first-order valence-corrected chi connectivity index (χ1v) is 13.1. The molecular weight excluding hydrogens is 449 g/mol. The Balaban J connectivity index is 1.40. The average Bonchev–Trinajstić information content (AvgIpc) is 3.32. The molecule has 0 bridgehead atoms. The van der Waals surface area contributed by atoms with E-state index < -0.39 is 0 Å². The number of carbonyl (C=O) groups is 1. The number of aryl methyl sites for hydroxylation is 2. The van der Waals surface area contributed by atoms with Gasteiger partial charge in [-0.3, -0.25) is 4.79 Å². The standard InChI is InChI=1S/C26H32FN5OS/c1-16-5-4-6-20(13-16)26-29-25(19-7-8-21(27)17(2)14-19)30-32(26)15-24(33)31-11-9-22-23(10-12-31)34-18(3)28-22/h7-8,14,16,20H,4-6,9-13,15H2,1-3H3. The molecule has 0 N–H and O–H groups in total. The minimum atomic E-state index is -0.237. The van der Waals surface area contributed by atoms with Crippen LogP contribution in [0.5, 0.6) is 0 Å². The highest BCUT2D eigenvalue weighted by Crippen LogP contribution is 2.36. The highest BCUT2D eigenvalue weighted by atomic mass is 32.1. The van der Waals surface area contributed by atoms with Gasteiger partial charge < -0.3 is 4.90 Å². The Morgan fingerprint density at radius 1 is 1.18 bits per heavy atom. The third-order valence-electron chi connectivity index (χ3n) is 7.17. The van der Waals surface area contributed by atoms with Crippen LogP contribution in [0.1, 0.15) is 65.5 Å². The highest BCUT2D eigenvalue weighted by molar-refractivity contribution is 7.11. The molecule has 1 aliphatic carbocycles. The lowest BCUT2D eigenvalue weighted by molar-refractivity contribution is -0.132. The number of halogens is 1. The van der Waals surface area contributed by atoms with Crippen molar-refractivity contribution >= 4 is 17.2 Å². The van der Waals surface area contributed by atoms with Gasteiger partial charge in [0.2, 0.25) is 5.91 Å². The van der Waals surface area contributed by atoms with E-state index in [2.05, 4.69) is 11.9 Å². The molecule has 0 spiro atoms. The molecular formula is C26H32FN5OS. The van der Waals surface area contributed by atoms with Gasteiger partial charge in [-0.2, -0.15) is 5.10 Å². The van der Waals surface area contributed by atoms with Crippen molar-refractivity contribution in [1.29, 1.82) is 0 Å². The highest BCUT2D eigenvalue weighted by Gasteiger charge is 2.28. The van der Waals surface area contributed by atoms with Gasteiger partial charge >= 0.3 is 0 Å². The summed E-state index contributed by atoms with van der Waals surface area (Å²) in [4.78, 5) is 26.2. The van der Waals surface area contributed by atoms with E-state index in [1.54, 1.807) is 30.4 Å². The van der Waals surface area contributed by atoms with Crippen molar-refractivity contribution < 1.29 is 9.18 Å². The molecule has 3 heterocycles. The number of thiazole rings is 1. The van der Waals surface area contributed by atoms with E-state index in [0.717, 1.165) is 47.8 Å². The molecule has 6 nitrogen and oxygen atoms in total. The first kappa shape index (κ1) is 23.1. The molecule has 0 radical (unpaired) electrons. The van der Waals surface area contributed by atoms with E-state index in [1.807, 2.05) is 16.5 Å². The van der Waals surface area contributed by atoms with Gasteiger partial charge in [-0.25, -0.2) is 19.0 Å². The van der Waals surface area contributed by atoms with Crippen molar-refractivity contribution in [1.82, 2.24) is 24.6 Å². The Kier molecular flexibility index (Phi) is 6.51. The first-order valence-electron chi connectivity index (χ1n) is 12.3. The van der Waals surface area contributed by atoms with Crippen LogP contribution in [0, 0.1) is 25.6 Å². The van der Waals surface area contributed by atoms with Gasteiger partial charge in [-0.05, 0) is 56.4 Å². The number of fused-ring (bicyclic) bond motifs is 1. The van der Waals surface area contributed by atoms with Gasteiger partial charge in [0.1, 0.15) is 18.2 Å². The lowest BCUT2D eigenvalue weighted by Gasteiger charge is -2.26. The monoisotopic (exact) mass is 481 g/mol. The largest absolute Gasteiger partial charge is 0.340 e. The van der Waals surface area contributed by atoms with Gasteiger partial charge in [-0.15, -0.1) is 11.3 Å². The van der Waals surface area contributed by atoms with Crippen molar-refractivity contribution in [2.45, 2.75) is 71.8 Å². The second kappa shape index (κ2) is 9.56. The lowest BCUT2D eigenvalue weighted by atomic mass is 9.82. The van der Waals surface area contributed by atoms with Crippen molar-refractivity contribution in [3.05, 3.63) is 51.0 Å². The number of amides is 1. The Hall–Kier alpha value is -2.61. The van der Waals surface area contributed by atoms with E-state index in [4.69, 9.17) is 10.1 Å². The number of rotatable bonds is 4. The Morgan fingerprint density at radius 3 is 2.79 bits per heavy atom. The van der Waals surface area contributed by atoms with Crippen LogP contribution in [0.4, 0.5) is 4.39 Å². The fourth-order valence-electron chi connectivity index (χ4n) is 5.32. The average molecular weight is 482 g/mol. The lowest BCUT2D eigenvalue weighted by Crippen LogP contribution is -2.36. The van der Waals surface area contributed by atoms with E-state index in [1.165, 1.54) is 23.8 Å². The molecule has 1 aliphatic heterocycles. The van der Waals surface area contributed by atoms with Crippen molar-refractivity contribution in [2.75, 3.05) is 13.1 Å². The first-order chi connectivity index (χ1) is 16.4. The zero-order valence-electron chi connectivity index (χ0n) is 20.2. The fraction of sp³-hybridized carbons (Fsp3) is 0.538. The molecule has 1 aromatic carbocycles. The summed E-state index contributed by atoms with van der Waals surface area (Å²) in [7, 11) is 0. The topological polar surface area (TPSA) is 63.9 Å². The van der Waals surface area contributed by atoms with Gasteiger partial charge in [0.25, 0.3) is 0 Å². The number of hydrogen-bond acceptors (Lipinski definition) is 5. The van der Waals surface area contributed by atoms with Crippen molar-refractivity contribution in [3.63, 3.8) is 0 Å². The fourth-order valence-corrected chi connectivity index (χ4v) is 6.29. The molecule has 1 fully saturated rings. The van der Waals surface area contributed by atoms with Gasteiger partial charge in [0.15, 0.2) is 5.82 Å². The van der Waals surface area contributed by atoms with E-state index in [-0.39, 0.29) is 18.3 Å². The second-order valence-electron chi connectivity index (χ2n) is 9.87. The molecule has 34 heavy (non-hydrogen) atoms. The summed E-state index contributed by atoms with van der Waals surface area (Å²) in [6, 6.07) is 4.97. The van der Waals surface area contributed by atoms with Crippen LogP contribution in [-0.2, 0) is 24.2 Å². The third-order valence-corrected chi connectivity index (χ3v) is 8.24. The zero-order chi connectivity index (χ0) is 23.8. The SMILES string of the molecule is Cc1nc2c(s1)CCN(C(=O)Cn1nc(-c3ccc(F)c(C)c3)nc1C1CCCC(C)C1)CC2. The maximum atomic E-state index is 13.8. The summed E-state index contributed by atoms with van der Waals surface area (Å²) in [5.74, 6) is 2.23. The number of nitrogens with zero attached hydrogens (tertiary/aromatic N) is 5. The Labute approximate surface area is 204 Å². The van der Waals surface area contributed by atoms with Crippen LogP contribution in [0.25, 0.3) is 11.4 Å². The van der Waals surface area contributed by atoms with Crippen LogP contribution in [0.2, 0.25) is 0 Å². The Bertz CT molecular complexity index is 1180. The molecule has 2 aromatic heterocycles. The molecule has 2 atom stereocenters. The third kappa shape index (κ3) is 4.78. The summed E-state index contributed by atoms with van der Waals surface area (Å²) in [5.41, 5.74) is 2.50. The van der Waals surface area contributed by atoms with Gasteiger partial charge in [0.05, 0.1) is 10.7 Å². The summed E-state index contributed by atoms with van der Waals surface area (Å²) in [5, 5.41) is 5.88. The van der Waals surface area contributed by atoms with Crippen LogP contribution in [-0.4, -0.2) is 43.6 Å². The maximum Gasteiger partial charge on any atom is 0.244 e. The summed E-state index contributed by atoms with van der Waals surface area (Å²) < 4.78 is 15.7. The predicted molar refractivity (Wildman–Crippen MR) is 131 cm³/mol. The maximum absolute atomic E-state index is 13.8. The summed E-state index contributed by atoms with van der Waals surface area (Å²) in [6.45, 7) is 7.66. The van der Waals surface area contributed by atoms with E-state index in [0.29, 0.717) is 36.3 Å². The number of aromatic nitrogens is 4. The Morgan fingerprint density at radius 2 is 2.00 bits per heavy atom. The molecule has 5 rings (SSSR count). The van der Waals surface area contributed by atoms with Crippen molar-refractivity contribution in [2.24, 2.45) is 5.92 Å². The second-order valence-corrected chi connectivity index (χ2v) is 11.2. The summed E-state index contributed by atoms with van der Waals surface area (Å²) in [6.07, 6.45) is 6.18. The summed E-state index contributed by atoms with van der Waals surface area (Å²) >= 11 is 1.74. The molecule has 1 amide bonds. The molecule has 0 saturated heterocycles. The van der Waals surface area contributed by atoms with Gasteiger partial charge in [-0.1, -0.05) is 19.8 Å². The van der Waals surface area contributed by atoms with Crippen molar-refractivity contribution in [3.8, 4) is 11.4 Å². The quantitative estimate of drug-likeness (QED) is 0.521. The molecule has 8 heteroatoms. The number of carbonyl (C=O) groups excluding carboxylic acids is 1. The minimum Gasteiger partial charge on any atom is -0.340 e. The number of hydrogen-bond donors (Lipinski definition) is 0. The van der Waals surface area contributed by atoms with Crippen LogP contribution in [0.15, 0.2) is 18.2 Å². The zero-order valence-corrected chi connectivity index (χ0v) is 21.0. The smallest absolute Gasteiger partial charge is 0.244 e.